The molecule has 0 aliphatic rings. The van der Waals surface area contributed by atoms with Crippen LogP contribution < -0.4 is 0 Å². The Balaban J connectivity index is 1.45. The summed E-state index contributed by atoms with van der Waals surface area (Å²) >= 11 is 2.95. The number of aromatic nitrogens is 4. The summed E-state index contributed by atoms with van der Waals surface area (Å²) < 4.78 is 11.0. The van der Waals surface area contributed by atoms with Crippen LogP contribution in [0.2, 0.25) is 0 Å². The summed E-state index contributed by atoms with van der Waals surface area (Å²) in [6.07, 6.45) is 0. The summed E-state index contributed by atoms with van der Waals surface area (Å²) in [6, 6.07) is 10.1. The number of thiophene rings is 1. The number of benzene rings is 1. The van der Waals surface area contributed by atoms with Crippen molar-refractivity contribution in [2.45, 2.75) is 24.8 Å². The van der Waals surface area contributed by atoms with E-state index in [0.717, 1.165) is 21.6 Å². The number of hydrogen-bond acceptors (Lipinski definition) is 8. The van der Waals surface area contributed by atoms with Gasteiger partial charge in [-0.2, -0.15) is 4.98 Å². The Bertz CT molecular complexity index is 972. The standard InChI is InChI=1S/C17H14N4O2S2/c1-10-6-11(2)8-12(7-10)16-19-20-17(22-16)25-9-14-18-15(21-23-14)13-4-3-5-24-13/h3-8H,9H2,1-2H3. The van der Waals surface area contributed by atoms with Crippen molar-refractivity contribution >= 4 is 23.1 Å². The number of aryl methyl sites for hydroxylation is 2. The first-order valence-corrected chi connectivity index (χ1v) is 9.45. The summed E-state index contributed by atoms with van der Waals surface area (Å²) in [5.74, 6) is 2.12. The largest absolute Gasteiger partial charge is 0.411 e. The molecule has 0 fully saturated rings. The molecule has 0 N–H and O–H groups in total. The van der Waals surface area contributed by atoms with Gasteiger partial charge in [0.25, 0.3) is 5.22 Å². The quantitative estimate of drug-likeness (QED) is 0.469. The number of hydrogen-bond donors (Lipinski definition) is 0. The number of thioether (sulfide) groups is 1. The molecule has 1 aromatic carbocycles. The van der Waals surface area contributed by atoms with Gasteiger partial charge in [0.05, 0.1) is 10.6 Å². The summed E-state index contributed by atoms with van der Waals surface area (Å²) in [5, 5.41) is 14.7. The van der Waals surface area contributed by atoms with Gasteiger partial charge < -0.3 is 8.94 Å². The monoisotopic (exact) mass is 370 g/mol. The van der Waals surface area contributed by atoms with Crippen molar-refractivity contribution in [3.8, 4) is 22.2 Å². The van der Waals surface area contributed by atoms with Crippen molar-refractivity contribution in [1.29, 1.82) is 0 Å². The predicted octanol–water partition coefficient (Wildman–Crippen LogP) is 4.76. The van der Waals surface area contributed by atoms with E-state index in [2.05, 4.69) is 26.4 Å². The van der Waals surface area contributed by atoms with E-state index in [4.69, 9.17) is 8.94 Å². The summed E-state index contributed by atoms with van der Waals surface area (Å²) in [6.45, 7) is 4.09. The molecule has 0 saturated heterocycles. The SMILES string of the molecule is Cc1cc(C)cc(-c2nnc(SCc3nc(-c4cccs4)no3)o2)c1. The van der Waals surface area contributed by atoms with Crippen LogP contribution in [0.25, 0.3) is 22.2 Å². The molecule has 8 heteroatoms. The zero-order valence-electron chi connectivity index (χ0n) is 13.6. The Morgan fingerprint density at radius 1 is 1.12 bits per heavy atom. The Morgan fingerprint density at radius 3 is 2.72 bits per heavy atom. The summed E-state index contributed by atoms with van der Waals surface area (Å²) in [5.41, 5.74) is 3.25. The van der Waals surface area contributed by atoms with Gasteiger partial charge in [-0.3, -0.25) is 0 Å². The van der Waals surface area contributed by atoms with Crippen molar-refractivity contribution in [2.24, 2.45) is 0 Å². The highest BCUT2D eigenvalue weighted by Crippen LogP contribution is 2.27. The third-order valence-electron chi connectivity index (χ3n) is 3.40. The average molecular weight is 370 g/mol. The highest BCUT2D eigenvalue weighted by molar-refractivity contribution is 7.98. The normalized spacial score (nSPS) is 11.1. The van der Waals surface area contributed by atoms with Gasteiger partial charge in [-0.1, -0.05) is 40.2 Å². The van der Waals surface area contributed by atoms with E-state index in [1.54, 1.807) is 11.3 Å². The fraction of sp³-hybridized carbons (Fsp3) is 0.176. The first-order chi connectivity index (χ1) is 12.2. The minimum absolute atomic E-state index is 0.477. The lowest BCUT2D eigenvalue weighted by Crippen LogP contribution is -1.82. The minimum atomic E-state index is 0.477. The maximum absolute atomic E-state index is 5.73. The Morgan fingerprint density at radius 2 is 1.96 bits per heavy atom. The molecule has 0 saturated carbocycles. The van der Waals surface area contributed by atoms with E-state index in [9.17, 15) is 0 Å². The smallest absolute Gasteiger partial charge is 0.277 e. The Labute approximate surface area is 152 Å². The molecule has 126 valence electrons. The van der Waals surface area contributed by atoms with Gasteiger partial charge in [0, 0.05) is 5.56 Å². The summed E-state index contributed by atoms with van der Waals surface area (Å²) in [4.78, 5) is 5.36. The lowest BCUT2D eigenvalue weighted by molar-refractivity contribution is 0.391. The van der Waals surface area contributed by atoms with Gasteiger partial charge in [-0.25, -0.2) is 0 Å². The topological polar surface area (TPSA) is 77.8 Å². The van der Waals surface area contributed by atoms with Crippen LogP contribution in [0, 0.1) is 13.8 Å². The molecular weight excluding hydrogens is 356 g/mol. The molecule has 4 rings (SSSR count). The zero-order chi connectivity index (χ0) is 17.2. The molecule has 0 amide bonds. The van der Waals surface area contributed by atoms with E-state index < -0.39 is 0 Å². The van der Waals surface area contributed by atoms with Gasteiger partial charge in [-0.05, 0) is 37.4 Å². The Kier molecular flexibility index (Phi) is 4.37. The number of rotatable bonds is 5. The molecule has 25 heavy (non-hydrogen) atoms. The molecule has 3 heterocycles. The van der Waals surface area contributed by atoms with Crippen LogP contribution >= 0.6 is 23.1 Å². The molecule has 0 atom stereocenters. The minimum Gasteiger partial charge on any atom is -0.411 e. The Hall–Kier alpha value is -2.45. The molecule has 0 bridgehead atoms. The van der Waals surface area contributed by atoms with Crippen LogP contribution in [0.5, 0.6) is 0 Å². The fourth-order valence-corrected chi connectivity index (χ4v) is 3.68. The average Bonchev–Trinajstić information content (AvgIpc) is 3.32. The van der Waals surface area contributed by atoms with Crippen LogP contribution in [0.4, 0.5) is 0 Å². The molecule has 0 aliphatic heterocycles. The molecular formula is C17H14N4O2S2. The lowest BCUT2D eigenvalue weighted by Gasteiger charge is -1.99. The van der Waals surface area contributed by atoms with Crippen LogP contribution in [0.15, 0.2) is 49.9 Å². The van der Waals surface area contributed by atoms with E-state index in [-0.39, 0.29) is 0 Å². The van der Waals surface area contributed by atoms with Gasteiger partial charge in [0.2, 0.25) is 17.6 Å². The number of nitrogens with zero attached hydrogens (tertiary/aromatic N) is 4. The van der Waals surface area contributed by atoms with Crippen molar-refractivity contribution in [1.82, 2.24) is 20.3 Å². The first-order valence-electron chi connectivity index (χ1n) is 7.59. The van der Waals surface area contributed by atoms with Crippen LogP contribution in [-0.2, 0) is 5.75 Å². The van der Waals surface area contributed by atoms with Gasteiger partial charge in [-0.15, -0.1) is 21.5 Å². The van der Waals surface area contributed by atoms with Crippen LogP contribution in [0.1, 0.15) is 17.0 Å². The molecule has 4 aromatic rings. The van der Waals surface area contributed by atoms with Crippen molar-refractivity contribution in [3.63, 3.8) is 0 Å². The second kappa shape index (κ2) is 6.81. The third-order valence-corrected chi connectivity index (χ3v) is 5.07. The molecule has 6 nitrogen and oxygen atoms in total. The second-order valence-corrected chi connectivity index (χ2v) is 7.40. The van der Waals surface area contributed by atoms with Crippen molar-refractivity contribution in [3.05, 3.63) is 52.7 Å². The van der Waals surface area contributed by atoms with Gasteiger partial charge in [0.1, 0.15) is 0 Å². The van der Waals surface area contributed by atoms with Crippen molar-refractivity contribution in [2.75, 3.05) is 0 Å². The second-order valence-electron chi connectivity index (χ2n) is 5.53. The fourth-order valence-electron chi connectivity index (χ4n) is 2.43. The van der Waals surface area contributed by atoms with E-state index >= 15 is 0 Å². The summed E-state index contributed by atoms with van der Waals surface area (Å²) in [7, 11) is 0. The highest BCUT2D eigenvalue weighted by atomic mass is 32.2. The molecule has 0 aliphatic carbocycles. The van der Waals surface area contributed by atoms with E-state index in [1.165, 1.54) is 11.8 Å². The molecule has 0 unspecified atom stereocenters. The molecule has 3 aromatic heterocycles. The first kappa shape index (κ1) is 16.0. The van der Waals surface area contributed by atoms with Gasteiger partial charge in [0.15, 0.2) is 0 Å². The third kappa shape index (κ3) is 3.64. The lowest BCUT2D eigenvalue weighted by atomic mass is 10.1. The van der Waals surface area contributed by atoms with E-state index in [0.29, 0.717) is 28.6 Å². The van der Waals surface area contributed by atoms with Crippen LogP contribution in [-0.4, -0.2) is 20.3 Å². The van der Waals surface area contributed by atoms with Crippen LogP contribution in [0.3, 0.4) is 0 Å². The van der Waals surface area contributed by atoms with Gasteiger partial charge >= 0.3 is 0 Å². The van der Waals surface area contributed by atoms with E-state index in [1.807, 2.05) is 43.5 Å². The zero-order valence-corrected chi connectivity index (χ0v) is 15.2. The maximum atomic E-state index is 5.73. The molecule has 0 spiro atoms. The highest BCUT2D eigenvalue weighted by Gasteiger charge is 2.13. The maximum Gasteiger partial charge on any atom is 0.277 e. The predicted molar refractivity (Wildman–Crippen MR) is 96.4 cm³/mol. The molecule has 0 radical (unpaired) electrons. The van der Waals surface area contributed by atoms with Crippen molar-refractivity contribution < 1.29 is 8.94 Å².